The minimum atomic E-state index is 1.01. The molecule has 0 fully saturated rings. The number of nitrogens with zero attached hydrogens (tertiary/aromatic N) is 3. The van der Waals surface area contributed by atoms with Crippen LogP contribution in [0.2, 0.25) is 0 Å². The Balaban J connectivity index is 1.26. The molecular formula is C41H27N3. The van der Waals surface area contributed by atoms with Crippen LogP contribution in [0.1, 0.15) is 0 Å². The molecular weight excluding hydrogens is 534 g/mol. The summed E-state index contributed by atoms with van der Waals surface area (Å²) in [5.41, 5.74) is 12.7. The monoisotopic (exact) mass is 561 g/mol. The minimum absolute atomic E-state index is 1.01. The quantitative estimate of drug-likeness (QED) is 0.210. The topological polar surface area (TPSA) is 22.8 Å². The van der Waals surface area contributed by atoms with Crippen molar-refractivity contribution in [3.8, 4) is 33.6 Å². The maximum Gasteiger partial charge on any atom is 0.0963 e. The fourth-order valence-electron chi connectivity index (χ4n) is 6.75. The summed E-state index contributed by atoms with van der Waals surface area (Å²) in [7, 11) is 0. The molecule has 206 valence electrons. The summed E-state index contributed by atoms with van der Waals surface area (Å²) in [5, 5.41) is 3.65. The van der Waals surface area contributed by atoms with Crippen LogP contribution < -0.4 is 0 Å². The van der Waals surface area contributed by atoms with E-state index in [4.69, 9.17) is 4.98 Å². The maximum atomic E-state index is 4.82. The van der Waals surface area contributed by atoms with Crippen molar-refractivity contribution in [2.24, 2.45) is 0 Å². The predicted molar refractivity (Wildman–Crippen MR) is 184 cm³/mol. The van der Waals surface area contributed by atoms with E-state index in [9.17, 15) is 0 Å². The van der Waals surface area contributed by atoms with Crippen LogP contribution in [-0.4, -0.2) is 14.1 Å². The van der Waals surface area contributed by atoms with Gasteiger partial charge in [-0.3, -0.25) is 4.98 Å². The zero-order chi connectivity index (χ0) is 29.0. The number of benzene rings is 6. The Bertz CT molecular complexity index is 2480. The predicted octanol–water partition coefficient (Wildman–Crippen LogP) is 10.6. The first-order chi connectivity index (χ1) is 21.8. The summed E-state index contributed by atoms with van der Waals surface area (Å²) >= 11 is 0. The molecule has 0 aliphatic carbocycles. The molecule has 9 rings (SSSR count). The van der Waals surface area contributed by atoms with Crippen molar-refractivity contribution < 1.29 is 0 Å². The highest BCUT2D eigenvalue weighted by molar-refractivity contribution is 6.11. The first-order valence-electron chi connectivity index (χ1n) is 15.0. The molecule has 0 radical (unpaired) electrons. The number of hydrogen-bond donors (Lipinski definition) is 0. The van der Waals surface area contributed by atoms with Crippen LogP contribution in [0.3, 0.4) is 0 Å². The van der Waals surface area contributed by atoms with Crippen LogP contribution >= 0.6 is 0 Å². The van der Waals surface area contributed by atoms with Gasteiger partial charge in [0.05, 0.1) is 27.6 Å². The van der Waals surface area contributed by atoms with Gasteiger partial charge >= 0.3 is 0 Å². The van der Waals surface area contributed by atoms with Crippen molar-refractivity contribution in [1.29, 1.82) is 0 Å². The molecule has 0 spiro atoms. The van der Waals surface area contributed by atoms with Crippen LogP contribution in [0.25, 0.3) is 77.4 Å². The van der Waals surface area contributed by atoms with E-state index in [1.807, 2.05) is 12.3 Å². The highest BCUT2D eigenvalue weighted by Crippen LogP contribution is 2.38. The third-order valence-corrected chi connectivity index (χ3v) is 8.75. The lowest BCUT2D eigenvalue weighted by Gasteiger charge is -2.11. The Morgan fingerprint density at radius 1 is 0.341 bits per heavy atom. The average molecular weight is 562 g/mol. The summed E-state index contributed by atoms with van der Waals surface area (Å²) < 4.78 is 4.72. The number of fused-ring (bicyclic) bond motifs is 6. The molecule has 0 saturated carbocycles. The number of aromatic nitrogens is 3. The number of pyridine rings is 1. The molecule has 3 nitrogen and oxygen atoms in total. The van der Waals surface area contributed by atoms with Gasteiger partial charge in [0.2, 0.25) is 0 Å². The van der Waals surface area contributed by atoms with Crippen molar-refractivity contribution >= 4 is 43.7 Å². The molecule has 0 unspecified atom stereocenters. The fraction of sp³-hybridized carbons (Fsp3) is 0. The standard InChI is InChI=1S/C41H27N3/c1-3-11-28(12-4-1)29-13-9-16-33(25-29)44-39-19-10-24-42-41(39)35-22-20-31(27-40(35)44)30-21-23-38-36(26-30)34-17-7-8-18-37(34)43(38)32-14-5-2-6-15-32/h1-27H. The molecule has 0 saturated heterocycles. The van der Waals surface area contributed by atoms with Crippen molar-refractivity contribution in [2.45, 2.75) is 0 Å². The molecule has 0 atom stereocenters. The Labute approximate surface area is 254 Å². The molecule has 44 heavy (non-hydrogen) atoms. The van der Waals surface area contributed by atoms with Gasteiger partial charge in [-0.15, -0.1) is 0 Å². The largest absolute Gasteiger partial charge is 0.309 e. The Hall–Kier alpha value is -5.93. The van der Waals surface area contributed by atoms with Crippen molar-refractivity contribution in [2.75, 3.05) is 0 Å². The Morgan fingerprint density at radius 2 is 0.977 bits per heavy atom. The lowest BCUT2D eigenvalue weighted by Crippen LogP contribution is -1.95. The lowest BCUT2D eigenvalue weighted by atomic mass is 10.0. The number of hydrogen-bond acceptors (Lipinski definition) is 1. The first kappa shape index (κ1) is 24.6. The second-order valence-corrected chi connectivity index (χ2v) is 11.3. The molecule has 0 aliphatic heterocycles. The second-order valence-electron chi connectivity index (χ2n) is 11.3. The highest BCUT2D eigenvalue weighted by atomic mass is 15.0. The molecule has 9 aromatic rings. The first-order valence-corrected chi connectivity index (χ1v) is 15.0. The van der Waals surface area contributed by atoms with Gasteiger partial charge in [-0.25, -0.2) is 0 Å². The van der Waals surface area contributed by atoms with E-state index in [0.717, 1.165) is 27.6 Å². The summed E-state index contributed by atoms with van der Waals surface area (Å²) in [6.07, 6.45) is 1.89. The van der Waals surface area contributed by atoms with Gasteiger partial charge < -0.3 is 9.13 Å². The van der Waals surface area contributed by atoms with E-state index in [1.165, 1.54) is 49.7 Å². The van der Waals surface area contributed by atoms with Gasteiger partial charge in [0.1, 0.15) is 0 Å². The molecule has 6 aromatic carbocycles. The molecule has 0 bridgehead atoms. The van der Waals surface area contributed by atoms with Crippen LogP contribution in [-0.2, 0) is 0 Å². The van der Waals surface area contributed by atoms with Crippen LogP contribution in [0.5, 0.6) is 0 Å². The molecule has 3 aromatic heterocycles. The summed E-state index contributed by atoms with van der Waals surface area (Å²) in [6.45, 7) is 0. The number of rotatable bonds is 4. The average Bonchev–Trinajstić information content (AvgIpc) is 3.61. The SMILES string of the molecule is c1ccc(-c2cccc(-n3c4cc(-c5ccc6c(c5)c5ccccc5n6-c5ccccc5)ccc4c4ncccc43)c2)cc1. The zero-order valence-electron chi connectivity index (χ0n) is 23.9. The lowest BCUT2D eigenvalue weighted by molar-refractivity contribution is 1.18. The van der Waals surface area contributed by atoms with Gasteiger partial charge in [0, 0.05) is 33.7 Å². The van der Waals surface area contributed by atoms with Crippen LogP contribution in [0, 0.1) is 0 Å². The summed E-state index contributed by atoms with van der Waals surface area (Å²) in [5.74, 6) is 0. The minimum Gasteiger partial charge on any atom is -0.309 e. The van der Waals surface area contributed by atoms with E-state index >= 15 is 0 Å². The van der Waals surface area contributed by atoms with Gasteiger partial charge in [0.25, 0.3) is 0 Å². The van der Waals surface area contributed by atoms with E-state index in [-0.39, 0.29) is 0 Å². The van der Waals surface area contributed by atoms with Crippen molar-refractivity contribution in [3.63, 3.8) is 0 Å². The summed E-state index contributed by atoms with van der Waals surface area (Å²) in [6, 6.07) is 56.5. The normalized spacial score (nSPS) is 11.6. The summed E-state index contributed by atoms with van der Waals surface area (Å²) in [4.78, 5) is 4.82. The van der Waals surface area contributed by atoms with Gasteiger partial charge in [0.15, 0.2) is 0 Å². The van der Waals surface area contributed by atoms with Crippen LogP contribution in [0.15, 0.2) is 164 Å². The molecule has 0 amide bonds. The smallest absolute Gasteiger partial charge is 0.0963 e. The third-order valence-electron chi connectivity index (χ3n) is 8.75. The fourth-order valence-corrected chi connectivity index (χ4v) is 6.75. The van der Waals surface area contributed by atoms with Gasteiger partial charge in [-0.2, -0.15) is 0 Å². The van der Waals surface area contributed by atoms with E-state index in [0.29, 0.717) is 0 Å². The molecule has 0 N–H and O–H groups in total. The third kappa shape index (κ3) is 3.80. The van der Waals surface area contributed by atoms with Gasteiger partial charge in [-0.05, 0) is 89.0 Å². The van der Waals surface area contributed by atoms with E-state index in [2.05, 4.69) is 161 Å². The molecule has 3 heterocycles. The molecule has 0 aliphatic rings. The van der Waals surface area contributed by atoms with E-state index < -0.39 is 0 Å². The van der Waals surface area contributed by atoms with Crippen molar-refractivity contribution in [3.05, 3.63) is 164 Å². The van der Waals surface area contributed by atoms with Crippen molar-refractivity contribution in [1.82, 2.24) is 14.1 Å². The second kappa shape index (κ2) is 9.82. The highest BCUT2D eigenvalue weighted by Gasteiger charge is 2.16. The molecule has 3 heteroatoms. The number of para-hydroxylation sites is 2. The zero-order valence-corrected chi connectivity index (χ0v) is 23.9. The Morgan fingerprint density at radius 3 is 1.86 bits per heavy atom. The Kier molecular flexibility index (Phi) is 5.50. The van der Waals surface area contributed by atoms with E-state index in [1.54, 1.807) is 0 Å². The van der Waals surface area contributed by atoms with Gasteiger partial charge in [-0.1, -0.05) is 91.0 Å². The van der Waals surface area contributed by atoms with Crippen LogP contribution in [0.4, 0.5) is 0 Å². The maximum absolute atomic E-state index is 4.82.